The largest absolute Gasteiger partial charge is 0.456 e. The van der Waals surface area contributed by atoms with Gasteiger partial charge in [-0.25, -0.2) is 0 Å². The number of hydrogen-bond acceptors (Lipinski definition) is 4. The van der Waals surface area contributed by atoms with Crippen molar-refractivity contribution in [2.24, 2.45) is 0 Å². The van der Waals surface area contributed by atoms with Crippen molar-refractivity contribution >= 4 is 18.0 Å². The van der Waals surface area contributed by atoms with Crippen LogP contribution in [0.3, 0.4) is 0 Å². The minimum absolute atomic E-state index is 0.0399. The zero-order chi connectivity index (χ0) is 13.4. The predicted octanol–water partition coefficient (Wildman–Crippen LogP) is 3.01. The maximum Gasteiger partial charge on any atom is 0.270 e. The van der Waals surface area contributed by atoms with Gasteiger partial charge < -0.3 is 4.74 Å². The summed E-state index contributed by atoms with van der Waals surface area (Å²) in [4.78, 5) is 21.3. The van der Waals surface area contributed by atoms with E-state index in [4.69, 9.17) is 4.74 Å². The van der Waals surface area contributed by atoms with Gasteiger partial charge in [-0.15, -0.1) is 0 Å². The van der Waals surface area contributed by atoms with E-state index in [-0.39, 0.29) is 5.69 Å². The zero-order valence-electron chi connectivity index (χ0n) is 10.1. The van der Waals surface area contributed by atoms with Crippen molar-refractivity contribution in [3.8, 4) is 5.75 Å². The molecule has 0 radical (unpaired) electrons. The molecule has 0 amide bonds. The molecule has 1 heterocycles. The number of nitrogens with zero attached hydrogens (tertiary/aromatic N) is 1. The number of nitro benzene ring substituents is 1. The highest BCUT2D eigenvalue weighted by Gasteiger charge is 2.25. The van der Waals surface area contributed by atoms with Gasteiger partial charge in [-0.05, 0) is 37.0 Å². The SMILES string of the molecule is O=CC1=C2Oc3ccc([N+](=O)[O-])cc3C=C2CCC1. The van der Waals surface area contributed by atoms with Crippen LogP contribution in [-0.4, -0.2) is 11.2 Å². The van der Waals surface area contributed by atoms with E-state index in [1.54, 1.807) is 6.07 Å². The van der Waals surface area contributed by atoms with Gasteiger partial charge in [-0.1, -0.05) is 0 Å². The molecule has 3 rings (SSSR count). The molecule has 5 nitrogen and oxygen atoms in total. The number of hydrogen-bond donors (Lipinski definition) is 0. The molecule has 19 heavy (non-hydrogen) atoms. The van der Waals surface area contributed by atoms with Crippen LogP contribution in [0.2, 0.25) is 0 Å². The van der Waals surface area contributed by atoms with Gasteiger partial charge in [0.05, 0.1) is 4.92 Å². The van der Waals surface area contributed by atoms with Crippen molar-refractivity contribution < 1.29 is 14.5 Å². The summed E-state index contributed by atoms with van der Waals surface area (Å²) in [6.45, 7) is 0. The molecule has 0 bridgehead atoms. The first-order valence-corrected chi connectivity index (χ1v) is 6.04. The quantitative estimate of drug-likeness (QED) is 0.464. The van der Waals surface area contributed by atoms with E-state index in [0.717, 1.165) is 31.1 Å². The lowest BCUT2D eigenvalue weighted by Gasteiger charge is -2.25. The van der Waals surface area contributed by atoms with Crippen molar-refractivity contribution in [2.45, 2.75) is 19.3 Å². The predicted molar refractivity (Wildman–Crippen MR) is 68.6 cm³/mol. The Bertz CT molecular complexity index is 643. The number of allylic oxidation sites excluding steroid dienone is 2. The van der Waals surface area contributed by atoms with Gasteiger partial charge in [-0.3, -0.25) is 14.9 Å². The van der Waals surface area contributed by atoms with Crippen molar-refractivity contribution in [3.63, 3.8) is 0 Å². The molecule has 1 aromatic rings. The van der Waals surface area contributed by atoms with Crippen molar-refractivity contribution in [1.82, 2.24) is 0 Å². The van der Waals surface area contributed by atoms with Gasteiger partial charge in [0.1, 0.15) is 17.8 Å². The monoisotopic (exact) mass is 257 g/mol. The van der Waals surface area contributed by atoms with Crippen molar-refractivity contribution in [3.05, 3.63) is 50.8 Å². The standard InChI is InChI=1S/C14H11NO4/c16-8-10-3-1-2-9-6-11-7-12(15(17)18)4-5-13(11)19-14(9)10/h4-8H,1-3H2. The zero-order valence-corrected chi connectivity index (χ0v) is 10.1. The van der Waals surface area contributed by atoms with Gasteiger partial charge in [0, 0.05) is 23.3 Å². The van der Waals surface area contributed by atoms with E-state index >= 15 is 0 Å². The summed E-state index contributed by atoms with van der Waals surface area (Å²) in [6.07, 6.45) is 5.16. The number of nitro groups is 1. The molecule has 0 saturated carbocycles. The Kier molecular flexibility index (Phi) is 2.67. The highest BCUT2D eigenvalue weighted by molar-refractivity contribution is 5.80. The van der Waals surface area contributed by atoms with Crippen molar-refractivity contribution in [2.75, 3.05) is 0 Å². The second kappa shape index (κ2) is 4.35. The lowest BCUT2D eigenvalue weighted by Crippen LogP contribution is -2.13. The number of aldehydes is 1. The summed E-state index contributed by atoms with van der Waals surface area (Å²) in [5.41, 5.74) is 2.35. The molecule has 5 heteroatoms. The average Bonchev–Trinajstić information content (AvgIpc) is 2.43. The third kappa shape index (κ3) is 1.93. The molecule has 0 saturated heterocycles. The third-order valence-corrected chi connectivity index (χ3v) is 3.36. The normalized spacial score (nSPS) is 16.9. The molecule has 0 spiro atoms. The number of non-ortho nitro benzene ring substituents is 1. The van der Waals surface area contributed by atoms with Crippen LogP contribution < -0.4 is 4.74 Å². The molecule has 0 atom stereocenters. The Morgan fingerprint density at radius 1 is 1.32 bits per heavy atom. The second-order valence-electron chi connectivity index (χ2n) is 4.58. The Balaban J connectivity index is 2.11. The van der Waals surface area contributed by atoms with E-state index in [1.165, 1.54) is 12.1 Å². The second-order valence-corrected chi connectivity index (χ2v) is 4.58. The Hall–Kier alpha value is -2.43. The minimum atomic E-state index is -0.429. The molecular formula is C14H11NO4. The topological polar surface area (TPSA) is 69.4 Å². The van der Waals surface area contributed by atoms with Crippen LogP contribution in [0, 0.1) is 10.1 Å². The molecule has 96 valence electrons. The summed E-state index contributed by atoms with van der Waals surface area (Å²) < 4.78 is 5.73. The molecule has 0 unspecified atom stereocenters. The summed E-state index contributed by atoms with van der Waals surface area (Å²) in [5.74, 6) is 1.19. The molecule has 2 aliphatic rings. The Labute approximate surface area is 109 Å². The highest BCUT2D eigenvalue weighted by Crippen LogP contribution is 2.39. The lowest BCUT2D eigenvalue weighted by molar-refractivity contribution is -0.384. The Morgan fingerprint density at radius 2 is 2.16 bits per heavy atom. The summed E-state index contributed by atoms with van der Waals surface area (Å²) in [6, 6.07) is 4.47. The van der Waals surface area contributed by atoms with Crippen LogP contribution >= 0.6 is 0 Å². The number of carbonyl (C=O) groups is 1. The first kappa shape index (κ1) is 11.6. The van der Waals surface area contributed by atoms with E-state index in [0.29, 0.717) is 22.6 Å². The smallest absolute Gasteiger partial charge is 0.270 e. The van der Waals surface area contributed by atoms with Gasteiger partial charge >= 0.3 is 0 Å². The van der Waals surface area contributed by atoms with Crippen LogP contribution in [0.1, 0.15) is 24.8 Å². The van der Waals surface area contributed by atoms with Crippen LogP contribution in [0.5, 0.6) is 5.75 Å². The highest BCUT2D eigenvalue weighted by atomic mass is 16.6. The van der Waals surface area contributed by atoms with Crippen LogP contribution in [0.15, 0.2) is 35.1 Å². The molecule has 0 aromatic heterocycles. The first-order chi connectivity index (χ1) is 9.19. The summed E-state index contributed by atoms with van der Waals surface area (Å²) in [7, 11) is 0. The summed E-state index contributed by atoms with van der Waals surface area (Å²) >= 11 is 0. The molecule has 0 fully saturated rings. The Morgan fingerprint density at radius 3 is 2.89 bits per heavy atom. The molecular weight excluding hydrogens is 246 g/mol. The van der Waals surface area contributed by atoms with Gasteiger partial charge in [0.25, 0.3) is 5.69 Å². The van der Waals surface area contributed by atoms with Crippen molar-refractivity contribution in [1.29, 1.82) is 0 Å². The van der Waals surface area contributed by atoms with Crippen LogP contribution in [0.4, 0.5) is 5.69 Å². The molecule has 1 aliphatic carbocycles. The van der Waals surface area contributed by atoms with Crippen LogP contribution in [0.25, 0.3) is 6.08 Å². The van der Waals surface area contributed by atoms with Gasteiger partial charge in [0.15, 0.2) is 0 Å². The number of carbonyl (C=O) groups excluding carboxylic acids is 1. The first-order valence-electron chi connectivity index (χ1n) is 6.04. The maximum atomic E-state index is 11.0. The fourth-order valence-electron chi connectivity index (χ4n) is 2.44. The number of fused-ring (bicyclic) bond motifs is 2. The fraction of sp³-hybridized carbons (Fsp3) is 0.214. The number of benzene rings is 1. The van der Waals surface area contributed by atoms with Gasteiger partial charge in [0.2, 0.25) is 0 Å². The number of rotatable bonds is 2. The molecule has 1 aliphatic heterocycles. The van der Waals surface area contributed by atoms with E-state index in [2.05, 4.69) is 0 Å². The van der Waals surface area contributed by atoms with E-state index < -0.39 is 4.92 Å². The number of ether oxygens (including phenoxy) is 1. The molecule has 0 N–H and O–H groups in total. The van der Waals surface area contributed by atoms with Gasteiger partial charge in [-0.2, -0.15) is 0 Å². The third-order valence-electron chi connectivity index (χ3n) is 3.36. The lowest BCUT2D eigenvalue weighted by atomic mass is 9.90. The summed E-state index contributed by atoms with van der Waals surface area (Å²) in [5, 5.41) is 10.8. The van der Waals surface area contributed by atoms with Crippen LogP contribution in [-0.2, 0) is 4.79 Å². The van der Waals surface area contributed by atoms with E-state index in [9.17, 15) is 14.9 Å². The minimum Gasteiger partial charge on any atom is -0.456 e. The molecule has 1 aromatic carbocycles. The van der Waals surface area contributed by atoms with E-state index in [1.807, 2.05) is 6.08 Å². The maximum absolute atomic E-state index is 11.0. The average molecular weight is 257 g/mol. The fourth-order valence-corrected chi connectivity index (χ4v) is 2.44.